The lowest BCUT2D eigenvalue weighted by molar-refractivity contribution is -0.136. The number of rotatable bonds is 4. The molecule has 1 aromatic rings. The Balaban J connectivity index is 2.45. The Morgan fingerprint density at radius 1 is 1.69 bits per heavy atom. The lowest BCUT2D eigenvalue weighted by Gasteiger charge is -1.99. The van der Waals surface area contributed by atoms with E-state index in [0.717, 1.165) is 8.60 Å². The lowest BCUT2D eigenvalue weighted by atomic mass is 10.5. The smallest absolute Gasteiger partial charge is 0.304 e. The number of aliphatic carboxylic acids is 1. The molecular formula is C7H7IN2O2S. The summed E-state index contributed by atoms with van der Waals surface area (Å²) < 4.78 is 0.954. The van der Waals surface area contributed by atoms with Crippen LogP contribution in [0.4, 0.5) is 0 Å². The first-order valence-electron chi connectivity index (χ1n) is 3.50. The SMILES string of the molecule is O=C(O)CCSc1ncncc1I. The van der Waals surface area contributed by atoms with Gasteiger partial charge < -0.3 is 5.11 Å². The van der Waals surface area contributed by atoms with Gasteiger partial charge in [-0.15, -0.1) is 11.8 Å². The summed E-state index contributed by atoms with van der Waals surface area (Å²) >= 11 is 3.56. The van der Waals surface area contributed by atoms with Crippen LogP contribution in [0.5, 0.6) is 0 Å². The Kier molecular flexibility index (Phi) is 4.43. The quantitative estimate of drug-likeness (QED) is 0.520. The zero-order valence-electron chi connectivity index (χ0n) is 6.61. The van der Waals surface area contributed by atoms with E-state index in [1.807, 2.05) is 0 Å². The molecule has 70 valence electrons. The van der Waals surface area contributed by atoms with E-state index in [9.17, 15) is 4.79 Å². The Morgan fingerprint density at radius 3 is 3.08 bits per heavy atom. The van der Waals surface area contributed by atoms with E-state index in [0.29, 0.717) is 5.75 Å². The Morgan fingerprint density at radius 2 is 2.46 bits per heavy atom. The number of hydrogen-bond donors (Lipinski definition) is 1. The largest absolute Gasteiger partial charge is 0.481 e. The predicted octanol–water partition coefficient (Wildman–Crippen LogP) is 1.65. The van der Waals surface area contributed by atoms with E-state index in [-0.39, 0.29) is 6.42 Å². The van der Waals surface area contributed by atoms with E-state index >= 15 is 0 Å². The molecule has 6 heteroatoms. The van der Waals surface area contributed by atoms with Crippen molar-refractivity contribution in [3.8, 4) is 0 Å². The second-order valence-corrected chi connectivity index (χ2v) is 4.41. The van der Waals surface area contributed by atoms with Gasteiger partial charge in [0.05, 0.1) is 9.99 Å². The van der Waals surface area contributed by atoms with Gasteiger partial charge in [-0.3, -0.25) is 4.79 Å². The molecule has 0 atom stereocenters. The van der Waals surface area contributed by atoms with Gasteiger partial charge in [-0.2, -0.15) is 0 Å². The van der Waals surface area contributed by atoms with Crippen LogP contribution < -0.4 is 0 Å². The predicted molar refractivity (Wildman–Crippen MR) is 57.7 cm³/mol. The molecule has 0 saturated heterocycles. The maximum absolute atomic E-state index is 10.2. The maximum atomic E-state index is 10.2. The van der Waals surface area contributed by atoms with Crippen molar-refractivity contribution < 1.29 is 9.90 Å². The normalized spacial score (nSPS) is 9.92. The second kappa shape index (κ2) is 5.38. The summed E-state index contributed by atoms with van der Waals surface area (Å²) in [5, 5.41) is 9.26. The molecule has 1 heterocycles. The van der Waals surface area contributed by atoms with E-state index in [1.165, 1.54) is 18.1 Å². The molecule has 0 aromatic carbocycles. The van der Waals surface area contributed by atoms with Gasteiger partial charge in [0.1, 0.15) is 11.4 Å². The molecular weight excluding hydrogens is 303 g/mol. The van der Waals surface area contributed by atoms with Crippen LogP contribution in [0.15, 0.2) is 17.6 Å². The van der Waals surface area contributed by atoms with Crippen LogP contribution in [-0.4, -0.2) is 26.8 Å². The third kappa shape index (κ3) is 3.90. The average Bonchev–Trinajstić information content (AvgIpc) is 2.08. The molecule has 0 fully saturated rings. The van der Waals surface area contributed by atoms with Gasteiger partial charge >= 0.3 is 5.97 Å². The molecule has 0 aliphatic heterocycles. The van der Waals surface area contributed by atoms with Gasteiger partial charge in [0.15, 0.2) is 0 Å². The number of aromatic nitrogens is 2. The minimum atomic E-state index is -0.781. The average molecular weight is 310 g/mol. The van der Waals surface area contributed by atoms with E-state index < -0.39 is 5.97 Å². The molecule has 0 radical (unpaired) electrons. The lowest BCUT2D eigenvalue weighted by Crippen LogP contribution is -1.97. The number of carboxylic acid groups (broad SMARTS) is 1. The van der Waals surface area contributed by atoms with Crippen molar-refractivity contribution in [3.05, 3.63) is 16.1 Å². The third-order valence-corrected chi connectivity index (χ3v) is 3.35. The fraction of sp³-hybridized carbons (Fsp3) is 0.286. The summed E-state index contributed by atoms with van der Waals surface area (Å²) in [5.74, 6) is -0.237. The highest BCUT2D eigenvalue weighted by Crippen LogP contribution is 2.20. The summed E-state index contributed by atoms with van der Waals surface area (Å²) in [4.78, 5) is 18.1. The van der Waals surface area contributed by atoms with Gasteiger partial charge in [0.2, 0.25) is 0 Å². The van der Waals surface area contributed by atoms with Crippen LogP contribution in [0.25, 0.3) is 0 Å². The van der Waals surface area contributed by atoms with Crippen molar-refractivity contribution in [2.45, 2.75) is 11.4 Å². The fourth-order valence-electron chi connectivity index (χ4n) is 0.643. The highest BCUT2D eigenvalue weighted by molar-refractivity contribution is 14.1. The molecule has 1 N–H and O–H groups in total. The zero-order valence-corrected chi connectivity index (χ0v) is 9.58. The zero-order chi connectivity index (χ0) is 9.68. The summed E-state index contributed by atoms with van der Waals surface area (Å²) in [7, 11) is 0. The number of carbonyl (C=O) groups is 1. The molecule has 0 saturated carbocycles. The minimum Gasteiger partial charge on any atom is -0.481 e. The summed E-state index contributed by atoms with van der Waals surface area (Å²) in [5.41, 5.74) is 0. The van der Waals surface area contributed by atoms with Gasteiger partial charge in [0.25, 0.3) is 0 Å². The first-order valence-corrected chi connectivity index (χ1v) is 5.56. The number of nitrogens with zero attached hydrogens (tertiary/aromatic N) is 2. The monoisotopic (exact) mass is 310 g/mol. The van der Waals surface area contributed by atoms with Crippen LogP contribution >= 0.6 is 34.4 Å². The number of hydrogen-bond acceptors (Lipinski definition) is 4. The van der Waals surface area contributed by atoms with E-state index in [4.69, 9.17) is 5.11 Å². The molecule has 13 heavy (non-hydrogen) atoms. The molecule has 1 aromatic heterocycles. The standard InChI is InChI=1S/C7H7IN2O2S/c8-5-3-9-4-10-7(5)13-2-1-6(11)12/h3-4H,1-2H2,(H,11,12). The Labute approximate surface area is 93.3 Å². The molecule has 0 aliphatic rings. The first kappa shape index (κ1) is 10.7. The highest BCUT2D eigenvalue weighted by atomic mass is 127. The molecule has 0 spiro atoms. The molecule has 0 unspecified atom stereocenters. The third-order valence-electron chi connectivity index (χ3n) is 1.19. The Hall–Kier alpha value is -0.370. The van der Waals surface area contributed by atoms with E-state index in [1.54, 1.807) is 6.20 Å². The van der Waals surface area contributed by atoms with Crippen molar-refractivity contribution in [1.29, 1.82) is 0 Å². The van der Waals surface area contributed by atoms with Crippen LogP contribution in [0, 0.1) is 3.57 Å². The van der Waals surface area contributed by atoms with Gasteiger partial charge in [-0.1, -0.05) is 0 Å². The topological polar surface area (TPSA) is 63.1 Å². The molecule has 4 nitrogen and oxygen atoms in total. The summed E-state index contributed by atoms with van der Waals surface area (Å²) in [6.45, 7) is 0. The molecule has 0 bridgehead atoms. The fourth-order valence-corrected chi connectivity index (χ4v) is 2.19. The first-order chi connectivity index (χ1) is 6.20. The van der Waals surface area contributed by atoms with Crippen molar-refractivity contribution >= 4 is 40.3 Å². The van der Waals surface area contributed by atoms with Crippen molar-refractivity contribution in [2.24, 2.45) is 0 Å². The van der Waals surface area contributed by atoms with Crippen LogP contribution in [-0.2, 0) is 4.79 Å². The van der Waals surface area contributed by atoms with Crippen LogP contribution in [0.3, 0.4) is 0 Å². The van der Waals surface area contributed by atoms with Crippen LogP contribution in [0.1, 0.15) is 6.42 Å². The highest BCUT2D eigenvalue weighted by Gasteiger charge is 2.03. The van der Waals surface area contributed by atoms with E-state index in [2.05, 4.69) is 32.6 Å². The maximum Gasteiger partial charge on any atom is 0.304 e. The van der Waals surface area contributed by atoms with Crippen molar-refractivity contribution in [1.82, 2.24) is 9.97 Å². The minimum absolute atomic E-state index is 0.157. The Bertz CT molecular complexity index is 308. The van der Waals surface area contributed by atoms with Crippen molar-refractivity contribution in [3.63, 3.8) is 0 Å². The van der Waals surface area contributed by atoms with Crippen molar-refractivity contribution in [2.75, 3.05) is 5.75 Å². The van der Waals surface area contributed by atoms with Gasteiger partial charge in [-0.05, 0) is 22.6 Å². The summed E-state index contributed by atoms with van der Waals surface area (Å²) in [6, 6.07) is 0. The van der Waals surface area contributed by atoms with Gasteiger partial charge in [-0.25, -0.2) is 9.97 Å². The molecule has 1 rings (SSSR count). The number of thioether (sulfide) groups is 1. The molecule has 0 amide bonds. The number of carboxylic acids is 1. The molecule has 0 aliphatic carbocycles. The summed E-state index contributed by atoms with van der Waals surface area (Å²) in [6.07, 6.45) is 3.33. The van der Waals surface area contributed by atoms with Crippen LogP contribution in [0.2, 0.25) is 0 Å². The second-order valence-electron chi connectivity index (χ2n) is 2.17. The number of halogens is 1. The van der Waals surface area contributed by atoms with Gasteiger partial charge in [0, 0.05) is 11.9 Å².